The van der Waals surface area contributed by atoms with Crippen LogP contribution in [0.1, 0.15) is 39.0 Å². The van der Waals surface area contributed by atoms with Gasteiger partial charge in [-0.3, -0.25) is 0 Å². The highest BCUT2D eigenvalue weighted by atomic mass is 19.4. The first-order valence-corrected chi connectivity index (χ1v) is 5.33. The number of aliphatic carboxylic acids is 1. The molecule has 6 heteroatoms. The van der Waals surface area contributed by atoms with E-state index in [9.17, 15) is 23.1 Å². The van der Waals surface area contributed by atoms with Gasteiger partial charge >= 0.3 is 6.18 Å². The van der Waals surface area contributed by atoms with E-state index in [0.29, 0.717) is 12.8 Å². The maximum Gasteiger partial charge on any atom is 0.404 e. The number of carbonyl (C=O) groups excluding carboxylic acids is 1. The Morgan fingerprint density at radius 3 is 2.25 bits per heavy atom. The number of hydrogen-bond donors (Lipinski definition) is 1. The Balaban J connectivity index is 4.23. The minimum atomic E-state index is -4.69. The van der Waals surface area contributed by atoms with Gasteiger partial charge in [0, 0.05) is 11.9 Å². The molecule has 0 unspecified atom stereocenters. The van der Waals surface area contributed by atoms with E-state index >= 15 is 0 Å². The summed E-state index contributed by atoms with van der Waals surface area (Å²) in [5, 5.41) is 10.6. The van der Waals surface area contributed by atoms with Crippen molar-refractivity contribution in [3.8, 4) is 0 Å². The Morgan fingerprint density at radius 2 is 1.88 bits per heavy atom. The molecular weight excluding hydrogens is 223 g/mol. The van der Waals surface area contributed by atoms with Gasteiger partial charge < -0.3 is 15.6 Å². The fourth-order valence-corrected chi connectivity index (χ4v) is 1.46. The molecule has 0 heterocycles. The summed E-state index contributed by atoms with van der Waals surface area (Å²) in [5.74, 6) is -3.36. The lowest BCUT2D eigenvalue weighted by Crippen LogP contribution is -2.50. The maximum atomic E-state index is 12.2. The number of halogens is 3. The fraction of sp³-hybridized carbons (Fsp3) is 0.900. The SMILES string of the molecule is CCCCCC[C@@H](C(=O)[O-])[C@@H](N)C(F)(F)F. The van der Waals surface area contributed by atoms with Crippen molar-refractivity contribution in [2.24, 2.45) is 11.7 Å². The predicted molar refractivity (Wildman–Crippen MR) is 51.3 cm³/mol. The van der Waals surface area contributed by atoms with E-state index in [0.717, 1.165) is 12.8 Å². The molecule has 96 valence electrons. The highest BCUT2D eigenvalue weighted by Gasteiger charge is 2.42. The Labute approximate surface area is 92.8 Å². The quantitative estimate of drug-likeness (QED) is 0.680. The van der Waals surface area contributed by atoms with Crippen molar-refractivity contribution in [1.82, 2.24) is 0 Å². The third-order valence-electron chi connectivity index (χ3n) is 2.48. The van der Waals surface area contributed by atoms with Crippen LogP contribution in [0.3, 0.4) is 0 Å². The average Bonchev–Trinajstić information content (AvgIpc) is 2.15. The van der Waals surface area contributed by atoms with Crippen molar-refractivity contribution in [3.05, 3.63) is 0 Å². The monoisotopic (exact) mass is 240 g/mol. The summed E-state index contributed by atoms with van der Waals surface area (Å²) in [6.07, 6.45) is -1.82. The van der Waals surface area contributed by atoms with Gasteiger partial charge in [0.25, 0.3) is 0 Å². The van der Waals surface area contributed by atoms with Crippen molar-refractivity contribution >= 4 is 5.97 Å². The fourth-order valence-electron chi connectivity index (χ4n) is 1.46. The highest BCUT2D eigenvalue weighted by molar-refractivity contribution is 5.68. The molecule has 3 nitrogen and oxygen atoms in total. The topological polar surface area (TPSA) is 66.1 Å². The molecule has 0 saturated heterocycles. The summed E-state index contributed by atoms with van der Waals surface area (Å²) in [4.78, 5) is 10.6. The number of rotatable bonds is 7. The van der Waals surface area contributed by atoms with Gasteiger partial charge in [0.2, 0.25) is 0 Å². The molecule has 0 fully saturated rings. The van der Waals surface area contributed by atoms with Crippen LogP contribution in [-0.2, 0) is 4.79 Å². The van der Waals surface area contributed by atoms with Crippen molar-refractivity contribution in [2.75, 3.05) is 0 Å². The predicted octanol–water partition coefficient (Wildman–Crippen LogP) is 1.21. The lowest BCUT2D eigenvalue weighted by Gasteiger charge is -2.26. The first-order chi connectivity index (χ1) is 7.30. The number of carbonyl (C=O) groups is 1. The molecule has 0 spiro atoms. The third kappa shape index (κ3) is 5.34. The lowest BCUT2D eigenvalue weighted by atomic mass is 9.93. The maximum absolute atomic E-state index is 12.2. The Morgan fingerprint density at radius 1 is 1.31 bits per heavy atom. The van der Waals surface area contributed by atoms with Crippen molar-refractivity contribution in [2.45, 2.75) is 51.2 Å². The van der Waals surface area contributed by atoms with Gasteiger partial charge in [-0.15, -0.1) is 0 Å². The number of carboxylic acid groups (broad SMARTS) is 1. The zero-order valence-corrected chi connectivity index (χ0v) is 9.22. The average molecular weight is 240 g/mol. The number of alkyl halides is 3. The first-order valence-electron chi connectivity index (χ1n) is 5.33. The van der Waals surface area contributed by atoms with E-state index in [-0.39, 0.29) is 6.42 Å². The molecule has 0 aliphatic carbocycles. The van der Waals surface area contributed by atoms with Crippen LogP contribution < -0.4 is 10.8 Å². The van der Waals surface area contributed by atoms with E-state index in [4.69, 9.17) is 5.73 Å². The smallest absolute Gasteiger partial charge is 0.404 e. The molecule has 0 aliphatic heterocycles. The third-order valence-corrected chi connectivity index (χ3v) is 2.48. The molecule has 0 radical (unpaired) electrons. The standard InChI is InChI=1S/C10H18F3NO2/c1-2-3-4-5-6-7(9(15)16)8(14)10(11,12)13/h7-8H,2-6,14H2,1H3,(H,15,16)/p-1/t7-,8-/m1/s1. The number of hydrogen-bond acceptors (Lipinski definition) is 3. The Kier molecular flexibility index (Phi) is 6.40. The number of carboxylic acids is 1. The van der Waals surface area contributed by atoms with Gasteiger partial charge in [-0.05, 0) is 6.42 Å². The molecule has 2 N–H and O–H groups in total. The van der Waals surface area contributed by atoms with Gasteiger partial charge in [0.15, 0.2) is 0 Å². The number of nitrogens with two attached hydrogens (primary N) is 1. The lowest BCUT2D eigenvalue weighted by molar-refractivity contribution is -0.316. The van der Waals surface area contributed by atoms with Crippen molar-refractivity contribution < 1.29 is 23.1 Å². The van der Waals surface area contributed by atoms with E-state index in [2.05, 4.69) is 0 Å². The zero-order valence-electron chi connectivity index (χ0n) is 9.22. The van der Waals surface area contributed by atoms with E-state index in [1.54, 1.807) is 0 Å². The van der Waals surface area contributed by atoms with Crippen LogP contribution in [-0.4, -0.2) is 18.2 Å². The molecule has 16 heavy (non-hydrogen) atoms. The molecule has 0 aromatic carbocycles. The van der Waals surface area contributed by atoms with E-state index in [1.165, 1.54) is 0 Å². The van der Waals surface area contributed by atoms with E-state index < -0.39 is 24.1 Å². The van der Waals surface area contributed by atoms with Gasteiger partial charge in [0.05, 0.1) is 0 Å². The largest absolute Gasteiger partial charge is 0.550 e. The minimum Gasteiger partial charge on any atom is -0.550 e. The number of unbranched alkanes of at least 4 members (excludes halogenated alkanes) is 3. The summed E-state index contributed by atoms with van der Waals surface area (Å²) < 4.78 is 36.7. The molecule has 0 aromatic heterocycles. The normalized spacial score (nSPS) is 15.8. The Bertz CT molecular complexity index is 219. The minimum absolute atomic E-state index is 0.0803. The molecule has 0 bridgehead atoms. The first kappa shape index (κ1) is 15.2. The summed E-state index contributed by atoms with van der Waals surface area (Å²) in [5.41, 5.74) is 4.86. The molecule has 0 aromatic rings. The second-order valence-electron chi connectivity index (χ2n) is 3.84. The van der Waals surface area contributed by atoms with Crippen molar-refractivity contribution in [3.63, 3.8) is 0 Å². The summed E-state index contributed by atoms with van der Waals surface area (Å²) in [7, 11) is 0. The van der Waals surface area contributed by atoms with Gasteiger partial charge in [0.1, 0.15) is 6.04 Å². The summed E-state index contributed by atoms with van der Waals surface area (Å²) >= 11 is 0. The van der Waals surface area contributed by atoms with Gasteiger partial charge in [-0.25, -0.2) is 0 Å². The van der Waals surface area contributed by atoms with Crippen LogP contribution in [0.5, 0.6) is 0 Å². The van der Waals surface area contributed by atoms with Crippen LogP contribution in [0.4, 0.5) is 13.2 Å². The molecule has 0 amide bonds. The molecule has 0 rings (SSSR count). The van der Waals surface area contributed by atoms with Crippen LogP contribution in [0.15, 0.2) is 0 Å². The zero-order chi connectivity index (χ0) is 12.8. The summed E-state index contributed by atoms with van der Waals surface area (Å²) in [6.45, 7) is 1.96. The van der Waals surface area contributed by atoms with Crippen LogP contribution >= 0.6 is 0 Å². The van der Waals surface area contributed by atoms with Crippen LogP contribution in [0.2, 0.25) is 0 Å². The summed E-state index contributed by atoms with van der Waals surface area (Å²) in [6, 6.07) is -2.33. The second kappa shape index (κ2) is 6.73. The van der Waals surface area contributed by atoms with Gasteiger partial charge in [-0.1, -0.05) is 32.6 Å². The molecule has 2 atom stereocenters. The van der Waals surface area contributed by atoms with Crippen molar-refractivity contribution in [1.29, 1.82) is 0 Å². The Hall–Kier alpha value is -0.780. The van der Waals surface area contributed by atoms with Gasteiger partial charge in [-0.2, -0.15) is 13.2 Å². The second-order valence-corrected chi connectivity index (χ2v) is 3.84. The van der Waals surface area contributed by atoms with Crippen LogP contribution in [0, 0.1) is 5.92 Å². The molecular formula is C10H17F3NO2-. The van der Waals surface area contributed by atoms with Crippen LogP contribution in [0.25, 0.3) is 0 Å². The molecule has 0 aliphatic rings. The highest BCUT2D eigenvalue weighted by Crippen LogP contribution is 2.26. The molecule has 0 saturated carbocycles. The van der Waals surface area contributed by atoms with E-state index in [1.807, 2.05) is 6.92 Å².